The SMILES string of the molecule is CCC(C)(C)C(=O)OC12CC3CC(C1)C(O)(CC(=O)OC(C)(C)C)C(C3)C2. The van der Waals surface area contributed by atoms with Crippen LogP contribution in [0.5, 0.6) is 0 Å². The van der Waals surface area contributed by atoms with Crippen molar-refractivity contribution in [3.63, 3.8) is 0 Å². The van der Waals surface area contributed by atoms with Gasteiger partial charge in [-0.05, 0) is 90.9 Å². The van der Waals surface area contributed by atoms with Crippen LogP contribution in [0.25, 0.3) is 0 Å². The molecule has 27 heavy (non-hydrogen) atoms. The largest absolute Gasteiger partial charge is 0.460 e. The third kappa shape index (κ3) is 3.90. The molecule has 5 nitrogen and oxygen atoms in total. The van der Waals surface area contributed by atoms with E-state index in [9.17, 15) is 14.7 Å². The summed E-state index contributed by atoms with van der Waals surface area (Å²) in [7, 11) is 0. The van der Waals surface area contributed by atoms with Crippen molar-refractivity contribution < 1.29 is 24.2 Å². The van der Waals surface area contributed by atoms with Crippen LogP contribution in [-0.4, -0.2) is 33.8 Å². The van der Waals surface area contributed by atoms with Gasteiger partial charge in [0.1, 0.15) is 11.2 Å². The van der Waals surface area contributed by atoms with Crippen molar-refractivity contribution in [2.75, 3.05) is 0 Å². The highest BCUT2D eigenvalue weighted by Gasteiger charge is 2.64. The van der Waals surface area contributed by atoms with Crippen LogP contribution in [-0.2, 0) is 19.1 Å². The lowest BCUT2D eigenvalue weighted by atomic mass is 9.47. The fraction of sp³-hybridized carbons (Fsp3) is 0.909. The van der Waals surface area contributed by atoms with Crippen molar-refractivity contribution in [2.24, 2.45) is 23.2 Å². The molecule has 0 saturated heterocycles. The molecule has 5 heteroatoms. The van der Waals surface area contributed by atoms with Crippen LogP contribution in [0.2, 0.25) is 0 Å². The third-order valence-electron chi connectivity index (χ3n) is 7.14. The summed E-state index contributed by atoms with van der Waals surface area (Å²) in [5.74, 6) is -0.0140. The molecular weight excluding hydrogens is 344 g/mol. The topological polar surface area (TPSA) is 72.8 Å². The summed E-state index contributed by atoms with van der Waals surface area (Å²) >= 11 is 0. The molecule has 4 aliphatic carbocycles. The quantitative estimate of drug-likeness (QED) is 0.730. The normalized spacial score (nSPS) is 38.0. The Kier molecular flexibility index (Phi) is 4.94. The van der Waals surface area contributed by atoms with Crippen LogP contribution in [0, 0.1) is 23.2 Å². The molecule has 0 amide bonds. The van der Waals surface area contributed by atoms with Crippen LogP contribution >= 0.6 is 0 Å². The average molecular weight is 381 g/mol. The molecule has 2 atom stereocenters. The van der Waals surface area contributed by atoms with E-state index < -0.39 is 22.2 Å². The van der Waals surface area contributed by atoms with Crippen LogP contribution in [0.4, 0.5) is 0 Å². The number of rotatable bonds is 5. The first-order valence-electron chi connectivity index (χ1n) is 10.5. The van der Waals surface area contributed by atoms with Gasteiger partial charge in [-0.15, -0.1) is 0 Å². The molecule has 0 aromatic rings. The van der Waals surface area contributed by atoms with E-state index in [1.807, 2.05) is 41.5 Å². The highest BCUT2D eigenvalue weighted by atomic mass is 16.6. The summed E-state index contributed by atoms with van der Waals surface area (Å²) in [6, 6.07) is 0. The number of carbonyl (C=O) groups is 2. The second-order valence-corrected chi connectivity index (χ2v) is 10.9. The lowest BCUT2D eigenvalue weighted by Gasteiger charge is -2.62. The molecule has 0 radical (unpaired) electrons. The van der Waals surface area contributed by atoms with Gasteiger partial charge in [0.05, 0.1) is 17.4 Å². The lowest BCUT2D eigenvalue weighted by molar-refractivity contribution is -0.246. The molecule has 154 valence electrons. The first-order valence-corrected chi connectivity index (χ1v) is 10.5. The fourth-order valence-corrected chi connectivity index (χ4v) is 5.51. The molecule has 4 rings (SSSR count). The maximum atomic E-state index is 12.7. The summed E-state index contributed by atoms with van der Waals surface area (Å²) in [5, 5.41) is 11.5. The molecule has 0 aromatic carbocycles. The molecule has 0 spiro atoms. The molecule has 1 N–H and O–H groups in total. The predicted octanol–water partition coefficient (Wildman–Crippen LogP) is 4.01. The van der Waals surface area contributed by atoms with E-state index in [1.54, 1.807) is 0 Å². The van der Waals surface area contributed by atoms with E-state index in [4.69, 9.17) is 9.47 Å². The Hall–Kier alpha value is -1.10. The first kappa shape index (κ1) is 20.6. The molecule has 2 unspecified atom stereocenters. The number of carbonyl (C=O) groups excluding carboxylic acids is 2. The third-order valence-corrected chi connectivity index (χ3v) is 7.14. The van der Waals surface area contributed by atoms with Gasteiger partial charge in [-0.3, -0.25) is 9.59 Å². The second kappa shape index (κ2) is 6.47. The summed E-state index contributed by atoms with van der Waals surface area (Å²) in [6.07, 6.45) is 4.81. The van der Waals surface area contributed by atoms with Gasteiger partial charge in [0.15, 0.2) is 0 Å². The Morgan fingerprint density at radius 2 is 1.59 bits per heavy atom. The van der Waals surface area contributed by atoms with Crippen molar-refractivity contribution in [3.05, 3.63) is 0 Å². The zero-order chi connectivity index (χ0) is 20.3. The van der Waals surface area contributed by atoms with Gasteiger partial charge in [0.2, 0.25) is 0 Å². The second-order valence-electron chi connectivity index (χ2n) is 10.9. The van der Waals surface area contributed by atoms with Gasteiger partial charge >= 0.3 is 11.9 Å². The standard InChI is InChI=1S/C22H36O5/c1-7-20(5,6)18(24)27-21-10-14-8-15(11-21)22(25,16(9-14)12-21)13-17(23)26-19(2,3)4/h14-16,25H,7-13H2,1-6H3. The Morgan fingerprint density at radius 3 is 2.07 bits per heavy atom. The Balaban J connectivity index is 1.75. The number of esters is 2. The van der Waals surface area contributed by atoms with Crippen LogP contribution in [0.3, 0.4) is 0 Å². The van der Waals surface area contributed by atoms with Crippen molar-refractivity contribution in [1.82, 2.24) is 0 Å². The summed E-state index contributed by atoms with van der Waals surface area (Å²) in [6.45, 7) is 11.4. The summed E-state index contributed by atoms with van der Waals surface area (Å²) in [5.41, 5.74) is -2.53. The van der Waals surface area contributed by atoms with Crippen molar-refractivity contribution >= 4 is 11.9 Å². The van der Waals surface area contributed by atoms with E-state index in [2.05, 4.69) is 0 Å². The van der Waals surface area contributed by atoms with Crippen molar-refractivity contribution in [2.45, 2.75) is 103 Å². The zero-order valence-corrected chi connectivity index (χ0v) is 17.8. The van der Waals surface area contributed by atoms with E-state index in [1.165, 1.54) is 0 Å². The molecule has 4 bridgehead atoms. The maximum absolute atomic E-state index is 12.7. The Labute approximate surface area is 163 Å². The minimum absolute atomic E-state index is 0.00573. The maximum Gasteiger partial charge on any atom is 0.312 e. The molecule has 4 aliphatic rings. The van der Waals surface area contributed by atoms with E-state index >= 15 is 0 Å². The molecule has 4 fully saturated rings. The predicted molar refractivity (Wildman–Crippen MR) is 102 cm³/mol. The smallest absolute Gasteiger partial charge is 0.312 e. The Morgan fingerprint density at radius 1 is 1.04 bits per heavy atom. The van der Waals surface area contributed by atoms with Gasteiger partial charge in [-0.2, -0.15) is 0 Å². The van der Waals surface area contributed by atoms with Gasteiger partial charge in [0, 0.05) is 0 Å². The van der Waals surface area contributed by atoms with Crippen LogP contribution < -0.4 is 0 Å². The molecule has 0 aromatic heterocycles. The lowest BCUT2D eigenvalue weighted by Crippen LogP contribution is -2.65. The molecule has 0 heterocycles. The molecule has 0 aliphatic heterocycles. The number of ether oxygens (including phenoxy) is 2. The van der Waals surface area contributed by atoms with Crippen molar-refractivity contribution in [1.29, 1.82) is 0 Å². The van der Waals surface area contributed by atoms with Gasteiger partial charge in [0.25, 0.3) is 0 Å². The summed E-state index contributed by atoms with van der Waals surface area (Å²) in [4.78, 5) is 25.1. The Bertz CT molecular complexity index is 599. The number of hydrogen-bond donors (Lipinski definition) is 1. The van der Waals surface area contributed by atoms with Gasteiger partial charge in [-0.25, -0.2) is 0 Å². The minimum atomic E-state index is -1.03. The van der Waals surface area contributed by atoms with Gasteiger partial charge in [-0.1, -0.05) is 6.92 Å². The van der Waals surface area contributed by atoms with E-state index in [0.717, 1.165) is 25.7 Å². The minimum Gasteiger partial charge on any atom is -0.460 e. The van der Waals surface area contributed by atoms with Crippen LogP contribution in [0.1, 0.15) is 86.5 Å². The molecular formula is C22H36O5. The van der Waals surface area contributed by atoms with Gasteiger partial charge < -0.3 is 14.6 Å². The highest BCUT2D eigenvalue weighted by molar-refractivity contribution is 5.76. The van der Waals surface area contributed by atoms with Crippen molar-refractivity contribution in [3.8, 4) is 0 Å². The van der Waals surface area contributed by atoms with E-state index in [0.29, 0.717) is 18.8 Å². The van der Waals surface area contributed by atoms with E-state index in [-0.39, 0.29) is 30.2 Å². The summed E-state index contributed by atoms with van der Waals surface area (Å²) < 4.78 is 11.6. The highest BCUT2D eigenvalue weighted by Crippen LogP contribution is 2.62. The molecule has 4 saturated carbocycles. The average Bonchev–Trinajstić information content (AvgIpc) is 2.49. The van der Waals surface area contributed by atoms with Crippen LogP contribution in [0.15, 0.2) is 0 Å². The zero-order valence-electron chi connectivity index (χ0n) is 17.8. The number of hydrogen-bond acceptors (Lipinski definition) is 5. The first-order chi connectivity index (χ1) is 12.3. The number of aliphatic hydroxyl groups is 1. The monoisotopic (exact) mass is 380 g/mol. The fourth-order valence-electron chi connectivity index (χ4n) is 5.51.